The van der Waals surface area contributed by atoms with E-state index in [4.69, 9.17) is 11.6 Å². The second-order valence-corrected chi connectivity index (χ2v) is 4.95. The molecule has 0 unspecified atom stereocenters. The molecule has 0 radical (unpaired) electrons. The fourth-order valence-corrected chi connectivity index (χ4v) is 2.80. The number of nitrogens with zero attached hydrogens (tertiary/aromatic N) is 1. The molecule has 1 aromatic carbocycles. The van der Waals surface area contributed by atoms with Crippen molar-refractivity contribution < 1.29 is 13.9 Å². The van der Waals surface area contributed by atoms with E-state index in [0.29, 0.717) is 5.01 Å². The molecule has 94 valence electrons. The van der Waals surface area contributed by atoms with Crippen LogP contribution in [-0.4, -0.2) is 18.1 Å². The van der Waals surface area contributed by atoms with Crippen molar-refractivity contribution in [2.75, 3.05) is 7.11 Å². The van der Waals surface area contributed by atoms with Crippen molar-refractivity contribution in [1.29, 1.82) is 0 Å². The molecular weight excluding hydrogens is 277 g/mol. The number of esters is 1. The van der Waals surface area contributed by atoms with Crippen LogP contribution in [0.5, 0.6) is 0 Å². The monoisotopic (exact) mass is 285 g/mol. The summed E-state index contributed by atoms with van der Waals surface area (Å²) in [5.74, 6) is -0.837. The van der Waals surface area contributed by atoms with Crippen LogP contribution in [0.25, 0.3) is 10.6 Å². The summed E-state index contributed by atoms with van der Waals surface area (Å²) >= 11 is 7.00. The summed E-state index contributed by atoms with van der Waals surface area (Å²) in [6.45, 7) is 1.77. The average Bonchev–Trinajstić information content (AvgIpc) is 2.70. The zero-order chi connectivity index (χ0) is 13.3. The Hall–Kier alpha value is -1.46. The van der Waals surface area contributed by atoms with E-state index >= 15 is 0 Å². The highest BCUT2D eigenvalue weighted by Crippen LogP contribution is 2.33. The number of aromatic nitrogens is 1. The lowest BCUT2D eigenvalue weighted by Crippen LogP contribution is -1.98. The average molecular weight is 286 g/mol. The Labute approximate surface area is 112 Å². The first-order valence-corrected chi connectivity index (χ1v) is 6.23. The summed E-state index contributed by atoms with van der Waals surface area (Å²) in [4.78, 5) is 15.8. The van der Waals surface area contributed by atoms with E-state index in [2.05, 4.69) is 9.72 Å². The number of thiazole rings is 1. The Morgan fingerprint density at radius 2 is 2.22 bits per heavy atom. The van der Waals surface area contributed by atoms with Crippen LogP contribution in [0.3, 0.4) is 0 Å². The number of benzene rings is 1. The van der Waals surface area contributed by atoms with Crippen molar-refractivity contribution >= 4 is 28.9 Å². The van der Waals surface area contributed by atoms with E-state index in [1.54, 1.807) is 13.0 Å². The molecule has 1 heterocycles. The quantitative estimate of drug-likeness (QED) is 0.790. The first-order chi connectivity index (χ1) is 8.52. The van der Waals surface area contributed by atoms with Gasteiger partial charge in [-0.15, -0.1) is 11.3 Å². The number of halogens is 2. The molecule has 0 aliphatic heterocycles. The van der Waals surface area contributed by atoms with Crippen LogP contribution in [0, 0.1) is 12.7 Å². The fraction of sp³-hybridized carbons (Fsp3) is 0.167. The number of rotatable bonds is 2. The largest absolute Gasteiger partial charge is 0.465 e. The lowest BCUT2D eigenvalue weighted by Gasteiger charge is -2.01. The van der Waals surface area contributed by atoms with Crippen molar-refractivity contribution in [3.63, 3.8) is 0 Å². The van der Waals surface area contributed by atoms with Crippen LogP contribution in [-0.2, 0) is 4.74 Å². The molecule has 0 saturated carbocycles. The third-order valence-corrected chi connectivity index (χ3v) is 3.83. The maximum Gasteiger partial charge on any atom is 0.351 e. The van der Waals surface area contributed by atoms with Crippen molar-refractivity contribution in [3.05, 3.63) is 39.6 Å². The predicted molar refractivity (Wildman–Crippen MR) is 68.6 cm³/mol. The first-order valence-electron chi connectivity index (χ1n) is 5.04. The third-order valence-electron chi connectivity index (χ3n) is 2.38. The van der Waals surface area contributed by atoms with Crippen molar-refractivity contribution in [3.8, 4) is 10.6 Å². The lowest BCUT2D eigenvalue weighted by molar-refractivity contribution is 0.0606. The number of carbonyl (C=O) groups is 1. The number of carbonyl (C=O) groups excluding carboxylic acids is 1. The standard InChI is InChI=1S/C12H9ClFNO2S/c1-6-5-7(14)3-4-8(6)11-15-10(13)9(18-11)12(16)17-2/h3-5H,1-2H3. The van der Waals surface area contributed by atoms with Crippen LogP contribution in [0.1, 0.15) is 15.2 Å². The molecule has 18 heavy (non-hydrogen) atoms. The highest BCUT2D eigenvalue weighted by Gasteiger charge is 2.18. The lowest BCUT2D eigenvalue weighted by atomic mass is 10.1. The summed E-state index contributed by atoms with van der Waals surface area (Å²) < 4.78 is 17.6. The minimum absolute atomic E-state index is 0.102. The topological polar surface area (TPSA) is 39.2 Å². The van der Waals surface area contributed by atoms with Gasteiger partial charge in [0.15, 0.2) is 10.0 Å². The van der Waals surface area contributed by atoms with E-state index < -0.39 is 5.97 Å². The molecule has 0 atom stereocenters. The van der Waals surface area contributed by atoms with Crippen LogP contribution in [0.2, 0.25) is 5.15 Å². The SMILES string of the molecule is COC(=O)c1sc(-c2ccc(F)cc2C)nc1Cl. The molecule has 2 aromatic rings. The molecular formula is C12H9ClFNO2S. The fourth-order valence-electron chi connectivity index (χ4n) is 1.50. The zero-order valence-corrected chi connectivity index (χ0v) is 11.2. The van der Waals surface area contributed by atoms with Gasteiger partial charge in [0.25, 0.3) is 0 Å². The number of ether oxygens (including phenoxy) is 1. The Kier molecular flexibility index (Phi) is 3.63. The predicted octanol–water partition coefficient (Wildman–Crippen LogP) is 3.70. The third kappa shape index (κ3) is 2.37. The molecule has 3 nitrogen and oxygen atoms in total. The van der Waals surface area contributed by atoms with Crippen molar-refractivity contribution in [2.24, 2.45) is 0 Å². The first kappa shape index (κ1) is 13.0. The van der Waals surface area contributed by atoms with Crippen LogP contribution in [0.4, 0.5) is 4.39 Å². The molecule has 1 aromatic heterocycles. The smallest absolute Gasteiger partial charge is 0.351 e. The summed E-state index contributed by atoms with van der Waals surface area (Å²) in [5.41, 5.74) is 1.48. The summed E-state index contributed by atoms with van der Waals surface area (Å²) in [7, 11) is 1.28. The molecule has 2 rings (SSSR count). The summed E-state index contributed by atoms with van der Waals surface area (Å²) in [6.07, 6.45) is 0. The molecule has 0 aliphatic rings. The number of aryl methyl sites for hydroxylation is 1. The molecule has 0 bridgehead atoms. The van der Waals surface area contributed by atoms with Crippen LogP contribution in [0.15, 0.2) is 18.2 Å². The second-order valence-electron chi connectivity index (χ2n) is 3.59. The Bertz CT molecular complexity index is 612. The summed E-state index contributed by atoms with van der Waals surface area (Å²) in [5, 5.41) is 0.670. The Morgan fingerprint density at radius 3 is 2.83 bits per heavy atom. The maximum atomic E-state index is 13.0. The van der Waals surface area contributed by atoms with Gasteiger partial charge >= 0.3 is 5.97 Å². The zero-order valence-electron chi connectivity index (χ0n) is 9.66. The van der Waals surface area contributed by atoms with Crippen molar-refractivity contribution in [2.45, 2.75) is 6.92 Å². The minimum Gasteiger partial charge on any atom is -0.465 e. The van der Waals surface area contributed by atoms with Gasteiger partial charge in [-0.1, -0.05) is 11.6 Å². The van der Waals surface area contributed by atoms with Gasteiger partial charge in [-0.25, -0.2) is 14.2 Å². The molecule has 0 fully saturated rings. The second kappa shape index (κ2) is 5.04. The molecule has 0 saturated heterocycles. The normalized spacial score (nSPS) is 10.4. The molecule has 0 spiro atoms. The van der Waals surface area contributed by atoms with Crippen LogP contribution < -0.4 is 0 Å². The highest BCUT2D eigenvalue weighted by atomic mass is 35.5. The Balaban J connectivity index is 2.49. The maximum absolute atomic E-state index is 13.0. The molecule has 0 aliphatic carbocycles. The number of hydrogen-bond acceptors (Lipinski definition) is 4. The summed E-state index contributed by atoms with van der Waals surface area (Å²) in [6, 6.07) is 4.36. The van der Waals surface area contributed by atoms with E-state index in [1.165, 1.54) is 19.2 Å². The van der Waals surface area contributed by atoms with Gasteiger partial charge in [0.2, 0.25) is 0 Å². The molecule has 0 N–H and O–H groups in total. The van der Waals surface area contributed by atoms with Crippen molar-refractivity contribution in [1.82, 2.24) is 4.98 Å². The Morgan fingerprint density at radius 1 is 1.50 bits per heavy atom. The van der Waals surface area contributed by atoms with Gasteiger partial charge in [0.05, 0.1) is 7.11 Å². The van der Waals surface area contributed by atoms with Gasteiger partial charge in [0.1, 0.15) is 10.8 Å². The molecule has 0 amide bonds. The van der Waals surface area contributed by atoms with Gasteiger partial charge in [-0.05, 0) is 30.7 Å². The highest BCUT2D eigenvalue weighted by molar-refractivity contribution is 7.17. The van der Waals surface area contributed by atoms with E-state index in [9.17, 15) is 9.18 Å². The van der Waals surface area contributed by atoms with Gasteiger partial charge in [-0.2, -0.15) is 0 Å². The van der Waals surface area contributed by atoms with Gasteiger partial charge in [-0.3, -0.25) is 0 Å². The van der Waals surface area contributed by atoms with Gasteiger partial charge < -0.3 is 4.74 Å². The number of hydrogen-bond donors (Lipinski definition) is 0. The molecule has 6 heteroatoms. The minimum atomic E-state index is -0.525. The van der Waals surface area contributed by atoms with Crippen LogP contribution >= 0.6 is 22.9 Å². The number of methoxy groups -OCH3 is 1. The van der Waals surface area contributed by atoms with E-state index in [1.807, 2.05) is 0 Å². The van der Waals surface area contributed by atoms with Gasteiger partial charge in [0, 0.05) is 5.56 Å². The van der Waals surface area contributed by atoms with E-state index in [-0.39, 0.29) is 15.8 Å². The van der Waals surface area contributed by atoms with E-state index in [0.717, 1.165) is 22.5 Å².